The highest BCUT2D eigenvalue weighted by atomic mass is 32.1. The Morgan fingerprint density at radius 1 is 1.38 bits per heavy atom. The van der Waals surface area contributed by atoms with Crippen LogP contribution in [0.25, 0.3) is 11.4 Å². The van der Waals surface area contributed by atoms with Crippen LogP contribution in [0.5, 0.6) is 0 Å². The first-order valence-electron chi connectivity index (χ1n) is 7.68. The summed E-state index contributed by atoms with van der Waals surface area (Å²) in [7, 11) is 0. The molecule has 3 rings (SSSR count). The summed E-state index contributed by atoms with van der Waals surface area (Å²) in [6.07, 6.45) is -4.73. The highest BCUT2D eigenvalue weighted by molar-refractivity contribution is 7.08. The Balaban J connectivity index is 1.59. The number of likely N-dealkylation sites (tertiary alicyclic amines) is 1. The van der Waals surface area contributed by atoms with Gasteiger partial charge in [-0.15, -0.1) is 0 Å². The van der Waals surface area contributed by atoms with E-state index in [0.29, 0.717) is 5.82 Å². The van der Waals surface area contributed by atoms with E-state index in [4.69, 9.17) is 9.63 Å². The number of carbonyl (C=O) groups is 2. The van der Waals surface area contributed by atoms with Gasteiger partial charge in [0.15, 0.2) is 0 Å². The number of amides is 1. The van der Waals surface area contributed by atoms with Gasteiger partial charge in [-0.3, -0.25) is 9.59 Å². The molecule has 7 nitrogen and oxygen atoms in total. The van der Waals surface area contributed by atoms with Crippen LogP contribution in [0.2, 0.25) is 0 Å². The maximum atomic E-state index is 13.0. The zero-order valence-corrected chi connectivity index (χ0v) is 14.1. The third kappa shape index (κ3) is 3.87. The molecule has 2 aromatic rings. The number of thiophene rings is 1. The molecule has 0 aromatic carbocycles. The van der Waals surface area contributed by atoms with Crippen LogP contribution in [0.3, 0.4) is 0 Å². The van der Waals surface area contributed by atoms with Gasteiger partial charge in [-0.25, -0.2) is 0 Å². The molecule has 1 fully saturated rings. The predicted octanol–water partition coefficient (Wildman–Crippen LogP) is 2.45. The molecule has 1 aliphatic heterocycles. The number of carboxylic acids is 1. The number of hydrogen-bond acceptors (Lipinski definition) is 6. The van der Waals surface area contributed by atoms with E-state index in [1.807, 2.05) is 10.8 Å². The van der Waals surface area contributed by atoms with Crippen molar-refractivity contribution in [1.82, 2.24) is 15.0 Å². The molecule has 11 heteroatoms. The fourth-order valence-corrected chi connectivity index (χ4v) is 3.46. The van der Waals surface area contributed by atoms with Gasteiger partial charge in [-0.05, 0) is 11.4 Å². The molecule has 0 saturated carbocycles. The molecule has 0 radical (unpaired) electrons. The Kier molecular flexibility index (Phi) is 4.99. The van der Waals surface area contributed by atoms with E-state index in [2.05, 4.69) is 10.1 Å². The fourth-order valence-electron chi connectivity index (χ4n) is 2.83. The first-order chi connectivity index (χ1) is 12.3. The molecule has 26 heavy (non-hydrogen) atoms. The second kappa shape index (κ2) is 7.06. The lowest BCUT2D eigenvalue weighted by Gasteiger charge is -2.18. The van der Waals surface area contributed by atoms with Crippen LogP contribution in [0, 0.1) is 11.8 Å². The minimum atomic E-state index is -4.67. The number of aliphatic carboxylic acids is 1. The van der Waals surface area contributed by atoms with Crippen LogP contribution >= 0.6 is 11.3 Å². The van der Waals surface area contributed by atoms with Crippen molar-refractivity contribution in [3.63, 3.8) is 0 Å². The van der Waals surface area contributed by atoms with Crippen molar-refractivity contribution in [3.05, 3.63) is 22.7 Å². The summed E-state index contributed by atoms with van der Waals surface area (Å²) in [4.78, 5) is 28.3. The topological polar surface area (TPSA) is 96.5 Å². The number of hydrogen-bond donors (Lipinski definition) is 1. The number of nitrogens with zero attached hydrogens (tertiary/aromatic N) is 3. The first-order valence-corrected chi connectivity index (χ1v) is 8.62. The Bertz CT molecular complexity index is 790. The average Bonchev–Trinajstić information content (AvgIpc) is 3.30. The Morgan fingerprint density at radius 2 is 2.15 bits per heavy atom. The van der Waals surface area contributed by atoms with Crippen molar-refractivity contribution in [2.45, 2.75) is 19.0 Å². The number of halogens is 3. The first kappa shape index (κ1) is 18.4. The van der Waals surface area contributed by atoms with E-state index in [1.165, 1.54) is 11.3 Å². The standard InChI is InChI=1S/C15H14F3N3O4S/c16-15(17,18)10-6-21(5-9(10)14(23)24)12(22)2-1-11-19-13(20-25-11)8-3-4-26-7-8/h3-4,7,9-10H,1-2,5-6H2,(H,23,24)/t9-,10-/m1/s1. The quantitative estimate of drug-likeness (QED) is 0.844. The number of aromatic nitrogens is 2. The number of carbonyl (C=O) groups excluding carboxylic acids is 1. The number of carboxylic acid groups (broad SMARTS) is 1. The molecule has 0 unspecified atom stereocenters. The van der Waals surface area contributed by atoms with Gasteiger partial charge in [-0.2, -0.15) is 29.5 Å². The molecule has 1 aliphatic rings. The van der Waals surface area contributed by atoms with Crippen LogP contribution in [-0.2, 0) is 16.0 Å². The number of aryl methyl sites for hydroxylation is 1. The summed E-state index contributed by atoms with van der Waals surface area (Å²) in [6.45, 7) is -1.11. The Morgan fingerprint density at radius 3 is 2.73 bits per heavy atom. The van der Waals surface area contributed by atoms with E-state index < -0.39 is 43.0 Å². The zero-order chi connectivity index (χ0) is 18.9. The Labute approximate surface area is 149 Å². The number of alkyl halides is 3. The molecule has 2 aromatic heterocycles. The Hall–Kier alpha value is -2.43. The van der Waals surface area contributed by atoms with E-state index >= 15 is 0 Å². The second-order valence-corrected chi connectivity index (χ2v) is 6.70. The molecule has 1 saturated heterocycles. The summed E-state index contributed by atoms with van der Waals surface area (Å²) in [5.41, 5.74) is 0.771. The molecule has 3 heterocycles. The summed E-state index contributed by atoms with van der Waals surface area (Å²) in [5.74, 6) is -5.26. The summed E-state index contributed by atoms with van der Waals surface area (Å²) in [6, 6.07) is 1.80. The smallest absolute Gasteiger partial charge is 0.394 e. The van der Waals surface area contributed by atoms with E-state index in [1.54, 1.807) is 6.07 Å². The third-order valence-electron chi connectivity index (χ3n) is 4.21. The molecule has 140 valence electrons. The van der Waals surface area contributed by atoms with Crippen LogP contribution in [0.15, 0.2) is 21.3 Å². The van der Waals surface area contributed by atoms with Crippen molar-refractivity contribution >= 4 is 23.2 Å². The van der Waals surface area contributed by atoms with Gasteiger partial charge in [0.2, 0.25) is 17.6 Å². The van der Waals surface area contributed by atoms with E-state index in [9.17, 15) is 22.8 Å². The molecule has 0 aliphatic carbocycles. The van der Waals surface area contributed by atoms with Crippen molar-refractivity contribution < 1.29 is 32.4 Å². The fraction of sp³-hybridized carbons (Fsp3) is 0.467. The van der Waals surface area contributed by atoms with E-state index in [0.717, 1.165) is 10.5 Å². The zero-order valence-electron chi connectivity index (χ0n) is 13.3. The van der Waals surface area contributed by atoms with Crippen LogP contribution in [0.1, 0.15) is 12.3 Å². The highest BCUT2D eigenvalue weighted by Gasteiger charge is 2.53. The summed E-state index contributed by atoms with van der Waals surface area (Å²) in [5, 5.41) is 16.4. The highest BCUT2D eigenvalue weighted by Crippen LogP contribution is 2.38. The SMILES string of the molecule is O=C(O)[C@@H]1CN(C(=O)CCc2nc(-c3ccsc3)no2)C[C@H]1C(F)(F)F. The summed E-state index contributed by atoms with van der Waals surface area (Å²) >= 11 is 1.46. The minimum Gasteiger partial charge on any atom is -0.481 e. The van der Waals surface area contributed by atoms with Gasteiger partial charge in [0.25, 0.3) is 0 Å². The summed E-state index contributed by atoms with van der Waals surface area (Å²) < 4.78 is 43.9. The third-order valence-corrected chi connectivity index (χ3v) is 4.89. The van der Waals surface area contributed by atoms with Gasteiger partial charge < -0.3 is 14.5 Å². The van der Waals surface area contributed by atoms with Gasteiger partial charge in [0.05, 0.1) is 11.8 Å². The van der Waals surface area contributed by atoms with Gasteiger partial charge in [0.1, 0.15) is 0 Å². The normalized spacial score (nSPS) is 20.5. The number of rotatable bonds is 5. The van der Waals surface area contributed by atoms with Gasteiger partial charge in [-0.1, -0.05) is 5.16 Å². The van der Waals surface area contributed by atoms with Gasteiger partial charge in [0, 0.05) is 36.9 Å². The second-order valence-electron chi connectivity index (χ2n) is 5.92. The molecule has 1 amide bonds. The molecular formula is C15H14F3N3O4S. The lowest BCUT2D eigenvalue weighted by Crippen LogP contribution is -2.34. The lowest BCUT2D eigenvalue weighted by atomic mass is 9.96. The van der Waals surface area contributed by atoms with Crippen molar-refractivity contribution in [1.29, 1.82) is 0 Å². The van der Waals surface area contributed by atoms with Crippen LogP contribution in [-0.4, -0.2) is 51.3 Å². The van der Waals surface area contributed by atoms with Crippen molar-refractivity contribution in [2.24, 2.45) is 11.8 Å². The van der Waals surface area contributed by atoms with Gasteiger partial charge >= 0.3 is 12.1 Å². The van der Waals surface area contributed by atoms with Crippen LogP contribution < -0.4 is 0 Å². The van der Waals surface area contributed by atoms with Crippen molar-refractivity contribution in [2.75, 3.05) is 13.1 Å². The maximum Gasteiger partial charge on any atom is 0.394 e. The minimum absolute atomic E-state index is 0.0703. The maximum absolute atomic E-state index is 13.0. The largest absolute Gasteiger partial charge is 0.481 e. The van der Waals surface area contributed by atoms with Crippen LogP contribution in [0.4, 0.5) is 13.2 Å². The van der Waals surface area contributed by atoms with Crippen molar-refractivity contribution in [3.8, 4) is 11.4 Å². The molecule has 2 atom stereocenters. The lowest BCUT2D eigenvalue weighted by molar-refractivity contribution is -0.188. The predicted molar refractivity (Wildman–Crippen MR) is 83.2 cm³/mol. The van der Waals surface area contributed by atoms with E-state index in [-0.39, 0.29) is 18.7 Å². The molecular weight excluding hydrogens is 375 g/mol. The molecule has 0 bridgehead atoms. The average molecular weight is 389 g/mol. The molecule has 1 N–H and O–H groups in total. The molecule has 0 spiro atoms. The monoisotopic (exact) mass is 389 g/mol.